The van der Waals surface area contributed by atoms with Crippen LogP contribution in [-0.2, 0) is 16.1 Å². The predicted molar refractivity (Wildman–Crippen MR) is 131 cm³/mol. The maximum absolute atomic E-state index is 12.5. The summed E-state index contributed by atoms with van der Waals surface area (Å²) in [5.41, 5.74) is 0. The van der Waals surface area contributed by atoms with Crippen molar-refractivity contribution in [1.29, 1.82) is 0 Å². The first-order valence-corrected chi connectivity index (χ1v) is 13.2. The van der Waals surface area contributed by atoms with Crippen LogP contribution in [0, 0.1) is 0 Å². The van der Waals surface area contributed by atoms with Crippen LogP contribution in [0.25, 0.3) is 0 Å². The summed E-state index contributed by atoms with van der Waals surface area (Å²) in [5, 5.41) is 18.6. The maximum Gasteiger partial charge on any atom is 0.295 e. The fourth-order valence-electron chi connectivity index (χ4n) is 4.07. The molecule has 1 heterocycles. The average molecular weight is 464 g/mol. The van der Waals surface area contributed by atoms with Crippen molar-refractivity contribution in [2.24, 2.45) is 0 Å². The molecule has 188 valence electrons. The zero-order valence-corrected chi connectivity index (χ0v) is 20.8. The molecule has 0 saturated carbocycles. The molecule has 2 N–H and O–H groups in total. The van der Waals surface area contributed by atoms with E-state index in [0.29, 0.717) is 0 Å². The largest absolute Gasteiger partial charge is 0.367 e. The molecule has 0 aliphatic heterocycles. The molecule has 0 saturated heterocycles. The maximum atomic E-state index is 12.5. The summed E-state index contributed by atoms with van der Waals surface area (Å²) >= 11 is 0. The van der Waals surface area contributed by atoms with E-state index in [1.165, 1.54) is 77.0 Å². The number of hydrogen-bond donors (Lipinski definition) is 2. The number of carbonyl (C=O) groups excluding carboxylic acids is 2. The molecule has 1 aromatic heterocycles. The molecular weight excluding hydrogens is 416 g/mol. The summed E-state index contributed by atoms with van der Waals surface area (Å²) in [6.45, 7) is 1.87. The van der Waals surface area contributed by atoms with Gasteiger partial charge < -0.3 is 10.2 Å². The monoisotopic (exact) mass is 463 g/mol. The minimum absolute atomic E-state index is 0.00183. The summed E-state index contributed by atoms with van der Waals surface area (Å²) in [6, 6.07) is 5.45. The molecule has 6 heteroatoms. The lowest BCUT2D eigenvalue weighted by atomic mass is 10.0. The van der Waals surface area contributed by atoms with Crippen LogP contribution < -0.4 is 4.57 Å². The van der Waals surface area contributed by atoms with E-state index in [2.05, 4.69) is 6.92 Å². The number of rotatable bonds is 20. The van der Waals surface area contributed by atoms with Crippen LogP contribution in [0.3, 0.4) is 0 Å². The van der Waals surface area contributed by atoms with Gasteiger partial charge in [0, 0.05) is 18.6 Å². The minimum Gasteiger partial charge on any atom is -0.367 e. The highest BCUT2D eigenvalue weighted by Crippen LogP contribution is 2.14. The second-order valence-corrected chi connectivity index (χ2v) is 9.13. The van der Waals surface area contributed by atoms with E-state index in [-0.39, 0.29) is 25.4 Å². The van der Waals surface area contributed by atoms with E-state index in [9.17, 15) is 19.8 Å². The quantitative estimate of drug-likeness (QED) is 0.164. The Labute approximate surface area is 201 Å². The van der Waals surface area contributed by atoms with Crippen molar-refractivity contribution in [1.82, 2.24) is 4.90 Å². The lowest BCUT2D eigenvalue weighted by molar-refractivity contribution is -0.685. The third kappa shape index (κ3) is 15.6. The first kappa shape index (κ1) is 29.2. The third-order valence-corrected chi connectivity index (χ3v) is 6.04. The fourth-order valence-corrected chi connectivity index (χ4v) is 4.07. The molecule has 2 amide bonds. The standard InChI is InChI=1S/C27H47N2O4/c1-2-3-4-5-6-7-8-9-10-11-12-13-14-15-17-20-25(30)29(24-27(32)33)26(31)23-28-21-18-16-19-22-28/h16,18-19,21-22,27,32-33H,2-15,17,20,23-24H2,1H3/q+1. The predicted octanol–water partition coefficient (Wildman–Crippen LogP) is 4.90. The Balaban J connectivity index is 2.09. The molecule has 0 bridgehead atoms. The molecule has 1 aromatic rings. The van der Waals surface area contributed by atoms with Gasteiger partial charge in [-0.25, -0.2) is 0 Å². The summed E-state index contributed by atoms with van der Waals surface area (Å²) in [6.07, 6.45) is 20.8. The average Bonchev–Trinajstić information content (AvgIpc) is 2.80. The zero-order valence-electron chi connectivity index (χ0n) is 20.8. The smallest absolute Gasteiger partial charge is 0.295 e. The van der Waals surface area contributed by atoms with E-state index in [1.54, 1.807) is 29.1 Å². The van der Waals surface area contributed by atoms with Gasteiger partial charge in [-0.15, -0.1) is 0 Å². The summed E-state index contributed by atoms with van der Waals surface area (Å²) in [4.78, 5) is 26.0. The zero-order chi connectivity index (χ0) is 24.2. The Hall–Kier alpha value is -1.79. The number of imide groups is 1. The van der Waals surface area contributed by atoms with E-state index in [0.717, 1.165) is 24.2 Å². The lowest BCUT2D eigenvalue weighted by Crippen LogP contribution is -2.49. The van der Waals surface area contributed by atoms with Gasteiger partial charge in [0.1, 0.15) is 0 Å². The molecule has 0 spiro atoms. The van der Waals surface area contributed by atoms with Crippen molar-refractivity contribution in [3.05, 3.63) is 30.6 Å². The van der Waals surface area contributed by atoms with Crippen molar-refractivity contribution in [3.63, 3.8) is 0 Å². The van der Waals surface area contributed by atoms with Gasteiger partial charge in [-0.2, -0.15) is 4.57 Å². The number of nitrogens with zero attached hydrogens (tertiary/aromatic N) is 2. The van der Waals surface area contributed by atoms with Gasteiger partial charge in [0.2, 0.25) is 12.5 Å². The molecule has 0 radical (unpaired) electrons. The van der Waals surface area contributed by atoms with E-state index >= 15 is 0 Å². The number of aromatic nitrogens is 1. The summed E-state index contributed by atoms with van der Waals surface area (Å²) in [7, 11) is 0. The highest BCUT2D eigenvalue weighted by atomic mass is 16.5. The number of aliphatic hydroxyl groups excluding tert-OH is 1. The van der Waals surface area contributed by atoms with Crippen molar-refractivity contribution < 1.29 is 24.4 Å². The van der Waals surface area contributed by atoms with Crippen LogP contribution in [0.2, 0.25) is 0 Å². The van der Waals surface area contributed by atoms with Crippen molar-refractivity contribution in [2.75, 3.05) is 6.54 Å². The summed E-state index contributed by atoms with van der Waals surface area (Å²) in [5.74, 6) is -0.760. The molecule has 0 atom stereocenters. The third-order valence-electron chi connectivity index (χ3n) is 6.04. The van der Waals surface area contributed by atoms with E-state index in [1.807, 2.05) is 6.07 Å². The van der Waals surface area contributed by atoms with Crippen LogP contribution in [0.5, 0.6) is 0 Å². The van der Waals surface area contributed by atoms with Gasteiger partial charge in [-0.05, 0) is 6.42 Å². The first-order valence-electron chi connectivity index (χ1n) is 13.2. The fraction of sp³-hybridized carbons (Fsp3) is 0.741. The van der Waals surface area contributed by atoms with Crippen molar-refractivity contribution in [3.8, 4) is 0 Å². The highest BCUT2D eigenvalue weighted by Gasteiger charge is 2.25. The van der Waals surface area contributed by atoms with E-state index in [4.69, 9.17) is 0 Å². The second kappa shape index (κ2) is 19.7. The molecule has 6 nitrogen and oxygen atoms in total. The second-order valence-electron chi connectivity index (χ2n) is 9.13. The minimum atomic E-state index is -1.72. The Morgan fingerprint density at radius 1 is 0.697 bits per heavy atom. The van der Waals surface area contributed by atoms with Gasteiger partial charge in [0.25, 0.3) is 5.91 Å². The molecule has 0 aliphatic carbocycles. The molecule has 1 rings (SSSR count). The van der Waals surface area contributed by atoms with Gasteiger partial charge >= 0.3 is 0 Å². The van der Waals surface area contributed by atoms with Crippen molar-refractivity contribution >= 4 is 11.8 Å². The molecule has 33 heavy (non-hydrogen) atoms. The molecule has 0 unspecified atom stereocenters. The highest BCUT2D eigenvalue weighted by molar-refractivity contribution is 5.94. The molecular formula is C27H47N2O4+. The number of hydrogen-bond acceptors (Lipinski definition) is 4. The van der Waals surface area contributed by atoms with Gasteiger partial charge in [0.15, 0.2) is 18.7 Å². The van der Waals surface area contributed by atoms with Crippen LogP contribution in [0.1, 0.15) is 110 Å². The topological polar surface area (TPSA) is 81.7 Å². The normalized spacial score (nSPS) is 11.2. The van der Waals surface area contributed by atoms with Crippen LogP contribution in [0.15, 0.2) is 30.6 Å². The number of pyridine rings is 1. The van der Waals surface area contributed by atoms with Gasteiger partial charge in [-0.1, -0.05) is 103 Å². The Morgan fingerprint density at radius 2 is 1.15 bits per heavy atom. The number of amides is 2. The number of aliphatic hydroxyl groups is 2. The molecule has 0 aliphatic rings. The molecule has 0 fully saturated rings. The lowest BCUT2D eigenvalue weighted by Gasteiger charge is -2.20. The number of unbranched alkanes of at least 4 members (excludes halogenated alkanes) is 14. The number of carbonyl (C=O) groups is 2. The SMILES string of the molecule is CCCCCCCCCCCCCCCCCC(=O)N(CC(O)O)C(=O)C[n+]1ccccc1. The van der Waals surface area contributed by atoms with Gasteiger partial charge in [-0.3, -0.25) is 14.5 Å². The first-order chi connectivity index (χ1) is 16.0. The van der Waals surface area contributed by atoms with Crippen LogP contribution in [-0.4, -0.2) is 39.8 Å². The van der Waals surface area contributed by atoms with Crippen LogP contribution >= 0.6 is 0 Å². The van der Waals surface area contributed by atoms with E-state index < -0.39 is 12.2 Å². The molecule has 0 aromatic carbocycles. The van der Waals surface area contributed by atoms with Gasteiger partial charge in [0.05, 0.1) is 6.54 Å². The Kier molecular flexibility index (Phi) is 17.4. The van der Waals surface area contributed by atoms with Crippen molar-refractivity contribution in [2.45, 2.75) is 122 Å². The van der Waals surface area contributed by atoms with Crippen LogP contribution in [0.4, 0.5) is 0 Å². The Bertz CT molecular complexity index is 622. The summed E-state index contributed by atoms with van der Waals surface area (Å²) < 4.78 is 1.67. The Morgan fingerprint density at radius 3 is 1.61 bits per heavy atom.